The molecule has 0 atom stereocenters. The van der Waals surface area contributed by atoms with Crippen LogP contribution in [0.25, 0.3) is 0 Å². The molecule has 1 rings (SSSR count). The molecule has 17 heavy (non-hydrogen) atoms. The van der Waals surface area contributed by atoms with Crippen molar-refractivity contribution >= 4 is 17.8 Å². The number of hydrogen-bond acceptors (Lipinski definition) is 7. The van der Waals surface area contributed by atoms with Crippen molar-refractivity contribution < 1.29 is 0 Å². The number of nitrogens with two attached hydrogens (primary N) is 2. The first kappa shape index (κ1) is 15.4. The van der Waals surface area contributed by atoms with E-state index in [2.05, 4.69) is 53.3 Å². The van der Waals surface area contributed by atoms with Gasteiger partial charge >= 0.3 is 0 Å². The zero-order valence-electron chi connectivity index (χ0n) is 11.2. The normalized spacial score (nSPS) is 10.1. The summed E-state index contributed by atoms with van der Waals surface area (Å²) in [6.07, 6.45) is 0. The molecule has 0 saturated carbocycles. The van der Waals surface area contributed by atoms with Crippen LogP contribution in [0.4, 0.5) is 17.8 Å². The van der Waals surface area contributed by atoms with Crippen LogP contribution in [0.15, 0.2) is 0 Å². The van der Waals surface area contributed by atoms with Gasteiger partial charge in [-0.1, -0.05) is 27.7 Å². The average Bonchev–Trinajstić information content (AvgIpc) is 2.14. The number of nitrogen functional groups attached to an aromatic ring is 2. The molecule has 7 nitrogen and oxygen atoms in total. The van der Waals surface area contributed by atoms with Crippen molar-refractivity contribution in [3.8, 4) is 0 Å². The number of rotatable bonds is 3. The molecule has 1 aromatic heterocycles. The SMILES string of the molecule is CC(C)NC(C)C.CNc1nc(N)nc(N)n1. The van der Waals surface area contributed by atoms with Crippen LogP contribution in [0.3, 0.4) is 0 Å². The number of hydrogen-bond donors (Lipinski definition) is 4. The molecule has 0 fully saturated rings. The molecule has 0 aliphatic carbocycles. The monoisotopic (exact) mass is 241 g/mol. The third-order valence-electron chi connectivity index (χ3n) is 1.56. The van der Waals surface area contributed by atoms with E-state index in [1.54, 1.807) is 7.05 Å². The van der Waals surface area contributed by atoms with Crippen LogP contribution in [-0.4, -0.2) is 34.1 Å². The Labute approximate surface area is 102 Å². The van der Waals surface area contributed by atoms with Crippen molar-refractivity contribution in [2.24, 2.45) is 0 Å². The molecular formula is C10H23N7. The molecule has 0 aliphatic rings. The standard InChI is InChI=1S/C6H15N.C4H8N6/c1-5(2)7-6(3)4;1-7-4-9-2(5)8-3(6)10-4/h5-7H,1-4H3;1H3,(H5,5,6,7,8,9,10). The van der Waals surface area contributed by atoms with Gasteiger partial charge in [0.05, 0.1) is 0 Å². The van der Waals surface area contributed by atoms with Crippen LogP contribution >= 0.6 is 0 Å². The number of aromatic nitrogens is 3. The fraction of sp³-hybridized carbons (Fsp3) is 0.700. The first-order valence-corrected chi connectivity index (χ1v) is 5.56. The van der Waals surface area contributed by atoms with Crippen LogP contribution in [0.2, 0.25) is 0 Å². The highest BCUT2D eigenvalue weighted by molar-refractivity contribution is 5.36. The van der Waals surface area contributed by atoms with Gasteiger partial charge < -0.3 is 22.1 Å². The topological polar surface area (TPSA) is 115 Å². The molecule has 7 heteroatoms. The minimum Gasteiger partial charge on any atom is -0.368 e. The summed E-state index contributed by atoms with van der Waals surface area (Å²) in [4.78, 5) is 11.0. The lowest BCUT2D eigenvalue weighted by molar-refractivity contribution is 0.518. The lowest BCUT2D eigenvalue weighted by Gasteiger charge is -2.10. The molecule has 0 radical (unpaired) electrons. The summed E-state index contributed by atoms with van der Waals surface area (Å²) < 4.78 is 0. The number of nitrogens with one attached hydrogen (secondary N) is 2. The first-order chi connectivity index (χ1) is 7.85. The van der Waals surface area contributed by atoms with Crippen molar-refractivity contribution in [2.75, 3.05) is 23.8 Å². The van der Waals surface area contributed by atoms with E-state index in [-0.39, 0.29) is 11.9 Å². The summed E-state index contributed by atoms with van der Waals surface area (Å²) in [6.45, 7) is 8.61. The second kappa shape index (κ2) is 7.61. The first-order valence-electron chi connectivity index (χ1n) is 5.56. The number of nitrogens with zero attached hydrogens (tertiary/aromatic N) is 3. The van der Waals surface area contributed by atoms with Gasteiger partial charge in [-0.3, -0.25) is 0 Å². The Morgan fingerprint density at radius 2 is 1.29 bits per heavy atom. The molecule has 98 valence electrons. The highest BCUT2D eigenvalue weighted by Crippen LogP contribution is 2.00. The summed E-state index contributed by atoms with van der Waals surface area (Å²) in [5, 5.41) is 5.99. The largest absolute Gasteiger partial charge is 0.368 e. The maximum Gasteiger partial charge on any atom is 0.229 e. The third-order valence-corrected chi connectivity index (χ3v) is 1.56. The predicted molar refractivity (Wildman–Crippen MR) is 71.6 cm³/mol. The van der Waals surface area contributed by atoms with E-state index < -0.39 is 0 Å². The quantitative estimate of drug-likeness (QED) is 0.608. The summed E-state index contributed by atoms with van der Waals surface area (Å²) in [7, 11) is 1.67. The minimum atomic E-state index is 0.122. The minimum absolute atomic E-state index is 0.122. The summed E-state index contributed by atoms with van der Waals surface area (Å²) in [6, 6.07) is 1.25. The van der Waals surface area contributed by atoms with Gasteiger partial charge in [-0.25, -0.2) is 0 Å². The van der Waals surface area contributed by atoms with E-state index in [4.69, 9.17) is 11.5 Å². The Morgan fingerprint density at radius 3 is 1.53 bits per heavy atom. The maximum absolute atomic E-state index is 5.25. The Kier molecular flexibility index (Phi) is 6.88. The number of anilines is 3. The Balaban J connectivity index is 0.000000325. The van der Waals surface area contributed by atoms with Crippen molar-refractivity contribution in [3.63, 3.8) is 0 Å². The smallest absolute Gasteiger partial charge is 0.229 e. The van der Waals surface area contributed by atoms with Crippen molar-refractivity contribution in [1.82, 2.24) is 20.3 Å². The van der Waals surface area contributed by atoms with E-state index in [0.717, 1.165) is 0 Å². The van der Waals surface area contributed by atoms with E-state index in [1.807, 2.05) is 0 Å². The third kappa shape index (κ3) is 8.21. The Morgan fingerprint density at radius 1 is 0.882 bits per heavy atom. The second-order valence-corrected chi connectivity index (χ2v) is 4.10. The Hall–Kier alpha value is -1.63. The average molecular weight is 241 g/mol. The molecule has 0 spiro atoms. The van der Waals surface area contributed by atoms with Crippen LogP contribution in [0.1, 0.15) is 27.7 Å². The van der Waals surface area contributed by atoms with Gasteiger partial charge in [0.2, 0.25) is 17.8 Å². The lowest BCUT2D eigenvalue weighted by Crippen LogP contribution is -2.29. The molecule has 6 N–H and O–H groups in total. The zero-order chi connectivity index (χ0) is 13.4. The van der Waals surface area contributed by atoms with Gasteiger partial charge in [0, 0.05) is 19.1 Å². The fourth-order valence-corrected chi connectivity index (χ4v) is 1.19. The van der Waals surface area contributed by atoms with E-state index in [1.165, 1.54) is 0 Å². The van der Waals surface area contributed by atoms with Crippen molar-refractivity contribution in [3.05, 3.63) is 0 Å². The maximum atomic E-state index is 5.25. The second-order valence-electron chi connectivity index (χ2n) is 4.10. The molecule has 0 unspecified atom stereocenters. The van der Waals surface area contributed by atoms with Gasteiger partial charge in [0.1, 0.15) is 0 Å². The highest BCUT2D eigenvalue weighted by atomic mass is 15.2. The van der Waals surface area contributed by atoms with Gasteiger partial charge in [-0.05, 0) is 0 Å². The molecule has 0 saturated heterocycles. The highest BCUT2D eigenvalue weighted by Gasteiger charge is 1.96. The van der Waals surface area contributed by atoms with Gasteiger partial charge in [-0.15, -0.1) is 0 Å². The van der Waals surface area contributed by atoms with Crippen LogP contribution < -0.4 is 22.1 Å². The van der Waals surface area contributed by atoms with Crippen molar-refractivity contribution in [1.29, 1.82) is 0 Å². The van der Waals surface area contributed by atoms with Crippen molar-refractivity contribution in [2.45, 2.75) is 39.8 Å². The summed E-state index contributed by atoms with van der Waals surface area (Å²) >= 11 is 0. The van der Waals surface area contributed by atoms with Crippen LogP contribution in [0.5, 0.6) is 0 Å². The molecule has 0 amide bonds. The Bertz CT molecular complexity index is 298. The van der Waals surface area contributed by atoms with Gasteiger partial charge in [-0.2, -0.15) is 15.0 Å². The lowest BCUT2D eigenvalue weighted by atomic mass is 10.3. The molecule has 0 aromatic carbocycles. The summed E-state index contributed by atoms with van der Waals surface area (Å²) in [5.41, 5.74) is 10.5. The van der Waals surface area contributed by atoms with Crippen LogP contribution in [-0.2, 0) is 0 Å². The van der Waals surface area contributed by atoms with Gasteiger partial charge in [0.25, 0.3) is 0 Å². The van der Waals surface area contributed by atoms with Crippen LogP contribution in [0, 0.1) is 0 Å². The fourth-order valence-electron chi connectivity index (χ4n) is 1.19. The molecule has 0 aliphatic heterocycles. The van der Waals surface area contributed by atoms with E-state index >= 15 is 0 Å². The van der Waals surface area contributed by atoms with Gasteiger partial charge in [0.15, 0.2) is 0 Å². The predicted octanol–water partition coefficient (Wildman–Crippen LogP) is 0.471. The molecular weight excluding hydrogens is 218 g/mol. The summed E-state index contributed by atoms with van der Waals surface area (Å²) in [5.74, 6) is 0.624. The zero-order valence-corrected chi connectivity index (χ0v) is 11.2. The van der Waals surface area contributed by atoms with E-state index in [0.29, 0.717) is 18.0 Å². The molecule has 0 bridgehead atoms. The van der Waals surface area contributed by atoms with E-state index in [9.17, 15) is 0 Å². The molecule has 1 heterocycles. The molecule has 1 aromatic rings.